The van der Waals surface area contributed by atoms with E-state index in [9.17, 15) is 0 Å². The highest BCUT2D eigenvalue weighted by molar-refractivity contribution is 5.72. The monoisotopic (exact) mass is 210 g/mol. The number of aromatic amines is 1. The number of nitriles is 1. The van der Waals surface area contributed by atoms with Gasteiger partial charge in [-0.15, -0.1) is 0 Å². The molecule has 1 aromatic heterocycles. The van der Waals surface area contributed by atoms with Gasteiger partial charge in [0.15, 0.2) is 0 Å². The van der Waals surface area contributed by atoms with Crippen molar-refractivity contribution in [2.45, 2.75) is 0 Å². The summed E-state index contributed by atoms with van der Waals surface area (Å²) in [7, 11) is 0. The number of rotatable bonds is 2. The first-order valence-electron chi connectivity index (χ1n) is 4.76. The lowest BCUT2D eigenvalue weighted by atomic mass is 10.1. The van der Waals surface area contributed by atoms with E-state index in [1.165, 1.54) is 0 Å². The largest absolute Gasteiger partial charge is 0.382 e. The molecule has 0 bridgehead atoms. The second kappa shape index (κ2) is 4.32. The van der Waals surface area contributed by atoms with Crippen molar-refractivity contribution in [3.8, 4) is 6.07 Å². The average Bonchev–Trinajstić information content (AvgIpc) is 2.73. The summed E-state index contributed by atoms with van der Waals surface area (Å²) in [5, 5.41) is 8.65. The van der Waals surface area contributed by atoms with Crippen LogP contribution in [0.5, 0.6) is 0 Å². The number of hydrogen-bond acceptors (Lipinski definition) is 3. The molecule has 0 aliphatic carbocycles. The number of benzene rings is 1. The summed E-state index contributed by atoms with van der Waals surface area (Å²) in [6.07, 6.45) is 5.31. The maximum absolute atomic E-state index is 8.65. The van der Waals surface area contributed by atoms with Crippen LogP contribution in [-0.2, 0) is 0 Å². The number of nitrogens with zero attached hydrogens (tertiary/aromatic N) is 2. The van der Waals surface area contributed by atoms with Crippen molar-refractivity contribution < 1.29 is 0 Å². The molecule has 0 atom stereocenters. The van der Waals surface area contributed by atoms with Gasteiger partial charge in [0.2, 0.25) is 0 Å². The Morgan fingerprint density at radius 3 is 2.56 bits per heavy atom. The molecule has 0 spiro atoms. The Kier molecular flexibility index (Phi) is 2.70. The molecule has 4 nitrogen and oxygen atoms in total. The Hall–Kier alpha value is -2.54. The predicted molar refractivity (Wildman–Crippen MR) is 63.1 cm³/mol. The van der Waals surface area contributed by atoms with Crippen LogP contribution in [0, 0.1) is 11.3 Å². The standard InChI is InChI=1S/C12H10N4/c13-7-10-3-1-9(2-4-10)5-6-11-12(14)16-8-15-11/h1-6,8H,14H2,(H,15,16)/b6-5+. The lowest BCUT2D eigenvalue weighted by Gasteiger charge is -1.93. The second-order valence-electron chi connectivity index (χ2n) is 3.27. The Balaban J connectivity index is 2.18. The quantitative estimate of drug-likeness (QED) is 0.796. The van der Waals surface area contributed by atoms with Crippen molar-refractivity contribution in [3.63, 3.8) is 0 Å². The first-order valence-corrected chi connectivity index (χ1v) is 4.76. The SMILES string of the molecule is N#Cc1ccc(/C=C/c2[nH]cnc2N)cc1. The molecule has 0 aliphatic heterocycles. The molecule has 78 valence electrons. The molecule has 1 aromatic carbocycles. The Morgan fingerprint density at radius 2 is 2.00 bits per heavy atom. The van der Waals surface area contributed by atoms with Crippen LogP contribution in [0.4, 0.5) is 5.82 Å². The number of anilines is 1. The van der Waals surface area contributed by atoms with Gasteiger partial charge in [0.1, 0.15) is 5.82 Å². The molecule has 0 radical (unpaired) electrons. The lowest BCUT2D eigenvalue weighted by molar-refractivity contribution is 1.31. The second-order valence-corrected chi connectivity index (χ2v) is 3.27. The van der Waals surface area contributed by atoms with E-state index in [2.05, 4.69) is 16.0 Å². The maximum atomic E-state index is 8.65. The third-order valence-electron chi connectivity index (χ3n) is 2.18. The molecule has 16 heavy (non-hydrogen) atoms. The number of imidazole rings is 1. The predicted octanol–water partition coefficient (Wildman–Crippen LogP) is 2.03. The number of H-pyrrole nitrogens is 1. The Labute approximate surface area is 93.1 Å². The Bertz CT molecular complexity index is 543. The van der Waals surface area contributed by atoms with E-state index in [1.54, 1.807) is 18.5 Å². The van der Waals surface area contributed by atoms with E-state index in [0.29, 0.717) is 11.4 Å². The average molecular weight is 210 g/mol. The molecule has 0 saturated carbocycles. The van der Waals surface area contributed by atoms with Gasteiger partial charge in [-0.25, -0.2) is 4.98 Å². The molecule has 2 aromatic rings. The van der Waals surface area contributed by atoms with Gasteiger partial charge in [0, 0.05) is 0 Å². The minimum Gasteiger partial charge on any atom is -0.382 e. The normalized spacial score (nSPS) is 10.4. The number of nitrogens with two attached hydrogens (primary N) is 1. The first-order chi connectivity index (χ1) is 7.79. The highest BCUT2D eigenvalue weighted by Crippen LogP contribution is 2.11. The third-order valence-corrected chi connectivity index (χ3v) is 2.18. The van der Waals surface area contributed by atoms with Crippen LogP contribution in [0.1, 0.15) is 16.8 Å². The number of nitrogens with one attached hydrogen (secondary N) is 1. The number of aromatic nitrogens is 2. The Morgan fingerprint density at radius 1 is 1.25 bits per heavy atom. The molecule has 4 heteroatoms. The van der Waals surface area contributed by atoms with E-state index >= 15 is 0 Å². The lowest BCUT2D eigenvalue weighted by Crippen LogP contribution is -1.86. The summed E-state index contributed by atoms with van der Waals surface area (Å²) in [4.78, 5) is 6.81. The summed E-state index contributed by atoms with van der Waals surface area (Å²) in [5.41, 5.74) is 8.05. The van der Waals surface area contributed by atoms with Crippen LogP contribution in [0.25, 0.3) is 12.2 Å². The smallest absolute Gasteiger partial charge is 0.148 e. The van der Waals surface area contributed by atoms with Gasteiger partial charge in [-0.3, -0.25) is 0 Å². The fraction of sp³-hybridized carbons (Fsp3) is 0. The van der Waals surface area contributed by atoms with Gasteiger partial charge in [-0.1, -0.05) is 18.2 Å². The van der Waals surface area contributed by atoms with Gasteiger partial charge in [-0.2, -0.15) is 5.26 Å². The van der Waals surface area contributed by atoms with Gasteiger partial charge < -0.3 is 10.7 Å². The molecular formula is C12H10N4. The molecule has 2 rings (SSSR count). The van der Waals surface area contributed by atoms with Gasteiger partial charge in [-0.05, 0) is 23.8 Å². The summed E-state index contributed by atoms with van der Waals surface area (Å²) >= 11 is 0. The van der Waals surface area contributed by atoms with Crippen molar-refractivity contribution in [2.24, 2.45) is 0 Å². The first kappa shape index (κ1) is 9.99. The zero-order valence-electron chi connectivity index (χ0n) is 8.51. The summed E-state index contributed by atoms with van der Waals surface area (Å²) in [6, 6.07) is 9.37. The molecule has 0 amide bonds. The highest BCUT2D eigenvalue weighted by Gasteiger charge is 1.95. The molecular weight excluding hydrogens is 200 g/mol. The minimum atomic E-state index is 0.477. The molecule has 0 aliphatic rings. The van der Waals surface area contributed by atoms with Crippen LogP contribution >= 0.6 is 0 Å². The molecule has 1 heterocycles. The van der Waals surface area contributed by atoms with E-state index in [4.69, 9.17) is 11.0 Å². The minimum absolute atomic E-state index is 0.477. The van der Waals surface area contributed by atoms with E-state index in [1.807, 2.05) is 24.3 Å². The zero-order valence-corrected chi connectivity index (χ0v) is 8.51. The molecule has 0 fully saturated rings. The fourth-order valence-electron chi connectivity index (χ4n) is 1.30. The van der Waals surface area contributed by atoms with Crippen LogP contribution in [0.2, 0.25) is 0 Å². The van der Waals surface area contributed by atoms with Crippen molar-refractivity contribution in [1.29, 1.82) is 5.26 Å². The summed E-state index contributed by atoms with van der Waals surface area (Å²) in [6.45, 7) is 0. The summed E-state index contributed by atoms with van der Waals surface area (Å²) in [5.74, 6) is 0.477. The van der Waals surface area contributed by atoms with Crippen LogP contribution in [-0.4, -0.2) is 9.97 Å². The fourth-order valence-corrected chi connectivity index (χ4v) is 1.30. The van der Waals surface area contributed by atoms with Gasteiger partial charge in [0.05, 0.1) is 23.7 Å². The van der Waals surface area contributed by atoms with Crippen LogP contribution in [0.15, 0.2) is 30.6 Å². The third kappa shape index (κ3) is 2.10. The van der Waals surface area contributed by atoms with Crippen molar-refractivity contribution in [2.75, 3.05) is 5.73 Å². The van der Waals surface area contributed by atoms with Crippen LogP contribution in [0.3, 0.4) is 0 Å². The van der Waals surface area contributed by atoms with Gasteiger partial charge in [0.25, 0.3) is 0 Å². The number of nitrogen functional groups attached to an aromatic ring is 1. The number of hydrogen-bond donors (Lipinski definition) is 2. The van der Waals surface area contributed by atoms with E-state index in [0.717, 1.165) is 11.3 Å². The maximum Gasteiger partial charge on any atom is 0.148 e. The summed E-state index contributed by atoms with van der Waals surface area (Å²) < 4.78 is 0. The van der Waals surface area contributed by atoms with Crippen LogP contribution < -0.4 is 5.73 Å². The van der Waals surface area contributed by atoms with Gasteiger partial charge >= 0.3 is 0 Å². The molecule has 0 saturated heterocycles. The zero-order chi connectivity index (χ0) is 11.4. The topological polar surface area (TPSA) is 78.5 Å². The highest BCUT2D eigenvalue weighted by atomic mass is 15.0. The van der Waals surface area contributed by atoms with Crippen molar-refractivity contribution in [3.05, 3.63) is 47.4 Å². The van der Waals surface area contributed by atoms with E-state index in [-0.39, 0.29) is 0 Å². The molecule has 0 unspecified atom stereocenters. The molecule has 3 N–H and O–H groups in total. The van der Waals surface area contributed by atoms with E-state index < -0.39 is 0 Å². The van der Waals surface area contributed by atoms with Crippen molar-refractivity contribution >= 4 is 18.0 Å². The van der Waals surface area contributed by atoms with Crippen molar-refractivity contribution in [1.82, 2.24) is 9.97 Å².